The fourth-order valence-electron chi connectivity index (χ4n) is 0.949. The molecule has 0 spiro atoms. The molecule has 0 aliphatic heterocycles. The van der Waals surface area contributed by atoms with Crippen LogP contribution in [0.3, 0.4) is 0 Å². The second kappa shape index (κ2) is 5.30. The summed E-state index contributed by atoms with van der Waals surface area (Å²) in [6.45, 7) is 9.46. The van der Waals surface area contributed by atoms with Crippen molar-refractivity contribution < 1.29 is 4.74 Å². The lowest BCUT2D eigenvalue weighted by molar-refractivity contribution is 0.311. The Bertz CT molecular complexity index is 351. The van der Waals surface area contributed by atoms with Crippen LogP contribution in [-0.4, -0.2) is 28.1 Å². The van der Waals surface area contributed by atoms with Gasteiger partial charge < -0.3 is 10.1 Å². The topological polar surface area (TPSA) is 59.9 Å². The molecule has 90 valence electrons. The van der Waals surface area contributed by atoms with Crippen LogP contribution in [-0.2, 0) is 0 Å². The molecule has 1 heterocycles. The van der Waals surface area contributed by atoms with Gasteiger partial charge in [-0.25, -0.2) is 0 Å². The first-order chi connectivity index (χ1) is 7.40. The Labute approximate surface area is 101 Å². The second-order valence-corrected chi connectivity index (χ2v) is 4.90. The fraction of sp³-hybridized carbons (Fsp3) is 0.700. The molecule has 0 aliphatic rings. The minimum absolute atomic E-state index is 0.134. The predicted molar refractivity (Wildman–Crippen MR) is 64.0 cm³/mol. The molecule has 0 atom stereocenters. The molecule has 0 saturated carbocycles. The largest absolute Gasteiger partial charge is 0.464 e. The normalized spacial score (nSPS) is 11.3. The van der Waals surface area contributed by atoms with Crippen molar-refractivity contribution in [1.29, 1.82) is 0 Å². The number of halogens is 1. The summed E-state index contributed by atoms with van der Waals surface area (Å²) in [4.78, 5) is 11.9. The molecule has 0 amide bonds. The van der Waals surface area contributed by atoms with E-state index in [0.29, 0.717) is 12.6 Å². The summed E-state index contributed by atoms with van der Waals surface area (Å²) in [7, 11) is 0. The van der Waals surface area contributed by atoms with Gasteiger partial charge in [-0.15, -0.1) is 0 Å². The van der Waals surface area contributed by atoms with Crippen molar-refractivity contribution in [3.8, 4) is 6.01 Å². The average Bonchev–Trinajstić information content (AvgIpc) is 2.13. The lowest BCUT2D eigenvalue weighted by Crippen LogP contribution is -2.20. The lowest BCUT2D eigenvalue weighted by Gasteiger charge is -2.18. The third kappa shape index (κ3) is 4.61. The fourth-order valence-corrected chi connectivity index (χ4v) is 1.10. The minimum atomic E-state index is 0.134. The van der Waals surface area contributed by atoms with Crippen LogP contribution in [0.25, 0.3) is 0 Å². The van der Waals surface area contributed by atoms with Crippen molar-refractivity contribution in [2.75, 3.05) is 18.5 Å². The molecule has 5 nitrogen and oxygen atoms in total. The van der Waals surface area contributed by atoms with Gasteiger partial charge in [-0.3, -0.25) is 0 Å². The zero-order valence-electron chi connectivity index (χ0n) is 10.0. The van der Waals surface area contributed by atoms with Gasteiger partial charge in [-0.2, -0.15) is 15.0 Å². The Morgan fingerprint density at radius 1 is 1.25 bits per heavy atom. The van der Waals surface area contributed by atoms with E-state index in [0.717, 1.165) is 6.54 Å². The Morgan fingerprint density at radius 3 is 2.50 bits per heavy atom. The number of nitrogens with one attached hydrogen (secondary N) is 1. The first-order valence-corrected chi connectivity index (χ1v) is 5.57. The van der Waals surface area contributed by atoms with Crippen molar-refractivity contribution in [2.24, 2.45) is 5.41 Å². The smallest absolute Gasteiger partial charge is 0.322 e. The molecule has 0 bridgehead atoms. The molecule has 1 aromatic rings. The zero-order chi connectivity index (χ0) is 12.2. The van der Waals surface area contributed by atoms with E-state index in [4.69, 9.17) is 16.3 Å². The summed E-state index contributed by atoms with van der Waals surface area (Å²) in [5, 5.41) is 3.23. The quantitative estimate of drug-likeness (QED) is 0.881. The van der Waals surface area contributed by atoms with E-state index >= 15 is 0 Å². The Balaban J connectivity index is 2.72. The highest BCUT2D eigenvalue weighted by Gasteiger charge is 2.12. The van der Waals surface area contributed by atoms with Gasteiger partial charge in [0, 0.05) is 6.54 Å². The number of hydrogen-bond acceptors (Lipinski definition) is 5. The summed E-state index contributed by atoms with van der Waals surface area (Å²) >= 11 is 5.75. The van der Waals surface area contributed by atoms with Crippen LogP contribution >= 0.6 is 11.6 Å². The minimum Gasteiger partial charge on any atom is -0.464 e. The van der Waals surface area contributed by atoms with Crippen LogP contribution in [0.4, 0.5) is 5.95 Å². The molecule has 0 fully saturated rings. The Morgan fingerprint density at radius 2 is 1.94 bits per heavy atom. The van der Waals surface area contributed by atoms with Gasteiger partial charge in [-0.05, 0) is 23.9 Å². The first kappa shape index (κ1) is 13.0. The number of anilines is 1. The van der Waals surface area contributed by atoms with Crippen LogP contribution in [0.15, 0.2) is 0 Å². The molecule has 1 rings (SSSR count). The van der Waals surface area contributed by atoms with Crippen LogP contribution < -0.4 is 10.1 Å². The Kier molecular flexibility index (Phi) is 4.29. The third-order valence-electron chi connectivity index (χ3n) is 1.64. The predicted octanol–water partition coefficient (Wildman–Crippen LogP) is 2.38. The van der Waals surface area contributed by atoms with E-state index in [9.17, 15) is 0 Å². The van der Waals surface area contributed by atoms with Crippen molar-refractivity contribution in [3.63, 3.8) is 0 Å². The zero-order valence-corrected chi connectivity index (χ0v) is 10.8. The number of hydrogen-bond donors (Lipinski definition) is 1. The van der Waals surface area contributed by atoms with Crippen LogP contribution in [0, 0.1) is 5.41 Å². The van der Waals surface area contributed by atoms with Crippen LogP contribution in [0.1, 0.15) is 27.7 Å². The van der Waals surface area contributed by atoms with Gasteiger partial charge in [0.2, 0.25) is 11.2 Å². The molecule has 0 aliphatic carbocycles. The van der Waals surface area contributed by atoms with Crippen molar-refractivity contribution >= 4 is 17.5 Å². The third-order valence-corrected chi connectivity index (χ3v) is 1.81. The van der Waals surface area contributed by atoms with E-state index in [1.54, 1.807) is 0 Å². The van der Waals surface area contributed by atoms with Gasteiger partial charge in [0.1, 0.15) is 0 Å². The van der Waals surface area contributed by atoms with E-state index < -0.39 is 0 Å². The maximum Gasteiger partial charge on any atom is 0.322 e. The SMILES string of the molecule is CCOc1nc(Cl)nc(NCC(C)(C)C)n1. The summed E-state index contributed by atoms with van der Waals surface area (Å²) in [6.07, 6.45) is 0. The van der Waals surface area contributed by atoms with Crippen LogP contribution in [0.5, 0.6) is 6.01 Å². The van der Waals surface area contributed by atoms with Gasteiger partial charge in [0.15, 0.2) is 0 Å². The molecule has 1 aromatic heterocycles. The molecule has 6 heteroatoms. The molecular formula is C10H17ClN4O. The highest BCUT2D eigenvalue weighted by Crippen LogP contribution is 2.15. The molecule has 0 radical (unpaired) electrons. The standard InChI is InChI=1S/C10H17ClN4O/c1-5-16-9-14-7(11)13-8(15-9)12-6-10(2,3)4/h5-6H2,1-4H3,(H,12,13,14,15). The number of aromatic nitrogens is 3. The van der Waals surface area contributed by atoms with Gasteiger partial charge in [0.05, 0.1) is 6.61 Å². The van der Waals surface area contributed by atoms with Crippen LogP contribution in [0.2, 0.25) is 5.28 Å². The molecule has 1 N–H and O–H groups in total. The van der Waals surface area contributed by atoms with Gasteiger partial charge in [-0.1, -0.05) is 20.8 Å². The van der Waals surface area contributed by atoms with Crippen molar-refractivity contribution in [1.82, 2.24) is 15.0 Å². The second-order valence-electron chi connectivity index (χ2n) is 4.56. The molecule has 0 aromatic carbocycles. The Hall–Kier alpha value is -1.10. The molecule has 16 heavy (non-hydrogen) atoms. The summed E-state index contributed by atoms with van der Waals surface area (Å²) in [5.74, 6) is 0.443. The maximum absolute atomic E-state index is 5.75. The summed E-state index contributed by atoms with van der Waals surface area (Å²) in [5.41, 5.74) is 0.144. The maximum atomic E-state index is 5.75. The average molecular weight is 245 g/mol. The summed E-state index contributed by atoms with van der Waals surface area (Å²) < 4.78 is 5.17. The van der Waals surface area contributed by atoms with Gasteiger partial charge >= 0.3 is 6.01 Å². The van der Waals surface area contributed by atoms with E-state index in [1.165, 1.54) is 0 Å². The number of ether oxygens (including phenoxy) is 1. The molecular weight excluding hydrogens is 228 g/mol. The molecule has 0 saturated heterocycles. The summed E-state index contributed by atoms with van der Waals surface area (Å²) in [6, 6.07) is 0.249. The van der Waals surface area contributed by atoms with Gasteiger partial charge in [0.25, 0.3) is 0 Å². The molecule has 0 unspecified atom stereocenters. The highest BCUT2D eigenvalue weighted by atomic mass is 35.5. The highest BCUT2D eigenvalue weighted by molar-refractivity contribution is 6.28. The van der Waals surface area contributed by atoms with Crippen molar-refractivity contribution in [3.05, 3.63) is 5.28 Å². The lowest BCUT2D eigenvalue weighted by atomic mass is 9.97. The van der Waals surface area contributed by atoms with E-state index in [1.807, 2.05) is 6.92 Å². The van der Waals surface area contributed by atoms with E-state index in [2.05, 4.69) is 41.0 Å². The van der Waals surface area contributed by atoms with E-state index in [-0.39, 0.29) is 16.7 Å². The monoisotopic (exact) mass is 244 g/mol. The first-order valence-electron chi connectivity index (χ1n) is 5.19. The number of rotatable bonds is 4. The van der Waals surface area contributed by atoms with Crippen molar-refractivity contribution in [2.45, 2.75) is 27.7 Å². The number of nitrogens with zero attached hydrogens (tertiary/aromatic N) is 3.